The first kappa shape index (κ1) is 22.0. The first-order valence-corrected chi connectivity index (χ1v) is 10.2. The van der Waals surface area contributed by atoms with Crippen molar-refractivity contribution in [3.63, 3.8) is 0 Å². The molecule has 1 aliphatic carbocycles. The third-order valence-corrected chi connectivity index (χ3v) is 5.39. The molecule has 7 nitrogen and oxygen atoms in total. The largest absolute Gasteiger partial charge is 0.462 e. The Morgan fingerprint density at radius 3 is 2.32 bits per heavy atom. The van der Waals surface area contributed by atoms with Gasteiger partial charge in [0.1, 0.15) is 5.69 Å². The van der Waals surface area contributed by atoms with Crippen LogP contribution in [0.4, 0.5) is 0 Å². The predicted octanol–water partition coefficient (Wildman–Crippen LogP) is 3.53. The number of likely N-dealkylation sites (N-methyl/N-ethyl adjacent to an activating group) is 1. The lowest BCUT2D eigenvalue weighted by atomic mass is 9.94. The van der Waals surface area contributed by atoms with Crippen molar-refractivity contribution in [1.29, 1.82) is 0 Å². The Labute approximate surface area is 166 Å². The van der Waals surface area contributed by atoms with E-state index in [1.807, 2.05) is 11.8 Å². The highest BCUT2D eigenvalue weighted by atomic mass is 16.5. The second-order valence-corrected chi connectivity index (χ2v) is 7.31. The van der Waals surface area contributed by atoms with Crippen LogP contribution in [0.3, 0.4) is 0 Å². The lowest BCUT2D eigenvalue weighted by Crippen LogP contribution is -2.46. The lowest BCUT2D eigenvalue weighted by Gasteiger charge is -2.35. The molecule has 0 bridgehead atoms. The van der Waals surface area contributed by atoms with Gasteiger partial charge in [-0.25, -0.2) is 9.59 Å². The summed E-state index contributed by atoms with van der Waals surface area (Å²) in [5.74, 6) is -1.29. The van der Waals surface area contributed by atoms with E-state index in [9.17, 15) is 14.4 Å². The number of aromatic nitrogens is 1. The number of H-pyrrole nitrogens is 1. The number of nitrogens with zero attached hydrogens (tertiary/aromatic N) is 1. The Balaban J connectivity index is 2.10. The molecule has 0 spiro atoms. The number of carbonyl (C=O) groups is 3. The summed E-state index contributed by atoms with van der Waals surface area (Å²) in [6.45, 7) is 9.49. The highest BCUT2D eigenvalue weighted by molar-refractivity contribution is 5.99. The zero-order valence-corrected chi connectivity index (χ0v) is 17.6. The molecular formula is C21H32N2O5. The first-order chi connectivity index (χ1) is 13.3. The van der Waals surface area contributed by atoms with Gasteiger partial charge < -0.3 is 19.4 Å². The average Bonchev–Trinajstić information content (AvgIpc) is 2.97. The fourth-order valence-corrected chi connectivity index (χ4v) is 3.95. The molecule has 1 heterocycles. The third-order valence-electron chi connectivity index (χ3n) is 5.39. The zero-order chi connectivity index (χ0) is 20.8. The van der Waals surface area contributed by atoms with E-state index in [0.29, 0.717) is 23.4 Å². The number of ether oxygens (including phenoxy) is 2. The quantitative estimate of drug-likeness (QED) is 0.717. The van der Waals surface area contributed by atoms with Crippen LogP contribution in [0.2, 0.25) is 0 Å². The number of aromatic amines is 1. The fourth-order valence-electron chi connectivity index (χ4n) is 3.95. The van der Waals surface area contributed by atoms with Crippen molar-refractivity contribution in [2.45, 2.75) is 78.9 Å². The molecule has 0 aliphatic heterocycles. The molecule has 1 fully saturated rings. The van der Waals surface area contributed by atoms with Gasteiger partial charge in [-0.15, -0.1) is 0 Å². The number of aryl methyl sites for hydroxylation is 1. The number of amides is 1. The van der Waals surface area contributed by atoms with Crippen molar-refractivity contribution < 1.29 is 23.9 Å². The van der Waals surface area contributed by atoms with E-state index in [-0.39, 0.29) is 24.2 Å². The number of hydrogen-bond acceptors (Lipinski definition) is 5. The van der Waals surface area contributed by atoms with Gasteiger partial charge in [0.05, 0.1) is 12.2 Å². The number of rotatable bonds is 7. The smallest absolute Gasteiger partial charge is 0.355 e. The summed E-state index contributed by atoms with van der Waals surface area (Å²) in [6, 6.07) is 0.220. The van der Waals surface area contributed by atoms with Crippen LogP contribution in [0, 0.1) is 13.8 Å². The van der Waals surface area contributed by atoms with Gasteiger partial charge in [-0.1, -0.05) is 19.3 Å². The molecular weight excluding hydrogens is 360 g/mol. The van der Waals surface area contributed by atoms with Gasteiger partial charge in [0.15, 0.2) is 6.10 Å². The van der Waals surface area contributed by atoms with Gasteiger partial charge in [-0.3, -0.25) is 4.79 Å². The second-order valence-electron chi connectivity index (χ2n) is 7.31. The van der Waals surface area contributed by atoms with Gasteiger partial charge in [-0.2, -0.15) is 0 Å². The first-order valence-electron chi connectivity index (χ1n) is 10.2. The minimum atomic E-state index is -0.886. The summed E-state index contributed by atoms with van der Waals surface area (Å²) in [6.07, 6.45) is 4.57. The average molecular weight is 392 g/mol. The maximum Gasteiger partial charge on any atom is 0.355 e. The fraction of sp³-hybridized carbons (Fsp3) is 0.667. The Bertz CT molecular complexity index is 719. The molecule has 2 rings (SSSR count). The minimum Gasteiger partial charge on any atom is -0.462 e. The van der Waals surface area contributed by atoms with E-state index in [4.69, 9.17) is 9.47 Å². The summed E-state index contributed by atoms with van der Waals surface area (Å²) in [4.78, 5) is 42.3. The molecule has 1 atom stereocenters. The molecule has 1 aromatic heterocycles. The number of esters is 2. The van der Waals surface area contributed by atoms with Crippen LogP contribution < -0.4 is 0 Å². The van der Waals surface area contributed by atoms with Crippen LogP contribution in [0.1, 0.15) is 85.0 Å². The molecule has 28 heavy (non-hydrogen) atoms. The summed E-state index contributed by atoms with van der Waals surface area (Å²) < 4.78 is 10.5. The summed E-state index contributed by atoms with van der Waals surface area (Å²) in [5.41, 5.74) is 1.53. The Kier molecular flexibility index (Phi) is 7.66. The lowest BCUT2D eigenvalue weighted by molar-refractivity contribution is -0.142. The monoisotopic (exact) mass is 392 g/mol. The van der Waals surface area contributed by atoms with Crippen LogP contribution in [-0.4, -0.2) is 53.0 Å². The number of hydrogen-bond donors (Lipinski definition) is 1. The van der Waals surface area contributed by atoms with Gasteiger partial charge >= 0.3 is 11.9 Å². The molecule has 1 N–H and O–H groups in total. The van der Waals surface area contributed by atoms with E-state index in [2.05, 4.69) is 4.98 Å². The summed E-state index contributed by atoms with van der Waals surface area (Å²) >= 11 is 0. The van der Waals surface area contributed by atoms with Crippen molar-refractivity contribution in [2.75, 3.05) is 13.2 Å². The zero-order valence-electron chi connectivity index (χ0n) is 17.6. The summed E-state index contributed by atoms with van der Waals surface area (Å²) in [7, 11) is 0. The standard InChI is InChI=1S/C21H32N2O5/c1-6-23(16-11-9-8-10-12-16)19(24)15(5)28-21(26)18-13(3)17(14(4)22-18)20(25)27-7-2/h15-16,22H,6-12H2,1-5H3/t15-/m1/s1. The third kappa shape index (κ3) is 4.75. The highest BCUT2D eigenvalue weighted by Gasteiger charge is 2.31. The Hall–Kier alpha value is -2.31. The van der Waals surface area contributed by atoms with Crippen LogP contribution in [0.15, 0.2) is 0 Å². The van der Waals surface area contributed by atoms with E-state index in [1.54, 1.807) is 27.7 Å². The maximum absolute atomic E-state index is 12.9. The molecule has 0 aromatic carbocycles. The molecule has 7 heteroatoms. The van der Waals surface area contributed by atoms with Gasteiger partial charge in [0.25, 0.3) is 5.91 Å². The molecule has 1 amide bonds. The van der Waals surface area contributed by atoms with Gasteiger partial charge in [0.2, 0.25) is 0 Å². The van der Waals surface area contributed by atoms with Crippen LogP contribution in [0.5, 0.6) is 0 Å². The van der Waals surface area contributed by atoms with Crippen LogP contribution in [-0.2, 0) is 14.3 Å². The molecule has 0 saturated heterocycles. The molecule has 1 aromatic rings. The van der Waals surface area contributed by atoms with Crippen molar-refractivity contribution in [3.8, 4) is 0 Å². The van der Waals surface area contributed by atoms with E-state index in [0.717, 1.165) is 25.7 Å². The molecule has 0 unspecified atom stereocenters. The van der Waals surface area contributed by atoms with Gasteiger partial charge in [-0.05, 0) is 53.0 Å². The van der Waals surface area contributed by atoms with Crippen molar-refractivity contribution in [3.05, 3.63) is 22.5 Å². The Morgan fingerprint density at radius 1 is 1.11 bits per heavy atom. The number of nitrogens with one attached hydrogen (secondary N) is 1. The van der Waals surface area contributed by atoms with E-state index < -0.39 is 18.0 Å². The molecule has 1 saturated carbocycles. The molecule has 0 radical (unpaired) electrons. The SMILES string of the molecule is CCOC(=O)c1c(C)[nH]c(C(=O)O[C@H](C)C(=O)N(CC)C2CCCCC2)c1C. The minimum absolute atomic E-state index is 0.172. The second kappa shape index (κ2) is 9.75. The van der Waals surface area contributed by atoms with Crippen LogP contribution >= 0.6 is 0 Å². The van der Waals surface area contributed by atoms with E-state index >= 15 is 0 Å². The predicted molar refractivity (Wildman–Crippen MR) is 105 cm³/mol. The maximum atomic E-state index is 12.9. The van der Waals surface area contributed by atoms with Gasteiger partial charge in [0, 0.05) is 18.3 Å². The Morgan fingerprint density at radius 2 is 1.75 bits per heavy atom. The topological polar surface area (TPSA) is 88.7 Å². The highest BCUT2D eigenvalue weighted by Crippen LogP contribution is 2.24. The normalized spacial score (nSPS) is 15.8. The van der Waals surface area contributed by atoms with Crippen molar-refractivity contribution in [1.82, 2.24) is 9.88 Å². The molecule has 1 aliphatic rings. The van der Waals surface area contributed by atoms with Crippen molar-refractivity contribution >= 4 is 17.8 Å². The van der Waals surface area contributed by atoms with E-state index in [1.165, 1.54) is 6.42 Å². The number of carbonyl (C=O) groups excluding carboxylic acids is 3. The van der Waals surface area contributed by atoms with Crippen molar-refractivity contribution in [2.24, 2.45) is 0 Å². The molecule has 156 valence electrons. The van der Waals surface area contributed by atoms with Crippen LogP contribution in [0.25, 0.3) is 0 Å². The summed E-state index contributed by atoms with van der Waals surface area (Å²) in [5, 5.41) is 0.